The summed E-state index contributed by atoms with van der Waals surface area (Å²) in [5, 5.41) is 0. The molecule has 4 N–H and O–H groups in total. The van der Waals surface area contributed by atoms with E-state index in [-0.39, 0.29) is 0 Å². The van der Waals surface area contributed by atoms with Gasteiger partial charge in [0.15, 0.2) is 0 Å². The van der Waals surface area contributed by atoms with E-state index in [4.69, 9.17) is 11.5 Å². The SMILES string of the molecule is C=C(N)C(=C\n1cc(C2=C(C)CCC=C2)nc1C)/C(C=NC)=C/N. The van der Waals surface area contributed by atoms with E-state index in [2.05, 4.69) is 35.6 Å². The molecule has 1 aliphatic rings. The van der Waals surface area contributed by atoms with Crippen molar-refractivity contribution in [1.82, 2.24) is 9.55 Å². The van der Waals surface area contributed by atoms with Crippen LogP contribution in [0.2, 0.25) is 0 Å². The number of hydrogen-bond donors (Lipinski definition) is 2. The van der Waals surface area contributed by atoms with Crippen molar-refractivity contribution in [3.8, 4) is 0 Å². The Balaban J connectivity index is 2.49. The average molecular weight is 323 g/mol. The number of rotatable bonds is 5. The molecule has 0 saturated carbocycles. The third-order valence-electron chi connectivity index (χ3n) is 4.00. The van der Waals surface area contributed by atoms with Crippen LogP contribution in [0.1, 0.15) is 31.3 Å². The second-order valence-corrected chi connectivity index (χ2v) is 5.79. The summed E-state index contributed by atoms with van der Waals surface area (Å²) in [6.45, 7) is 7.95. The van der Waals surface area contributed by atoms with Crippen LogP contribution in [0.25, 0.3) is 11.8 Å². The largest absolute Gasteiger partial charge is 0.404 e. The molecule has 24 heavy (non-hydrogen) atoms. The summed E-state index contributed by atoms with van der Waals surface area (Å²) in [5.41, 5.74) is 17.0. The van der Waals surface area contributed by atoms with Crippen LogP contribution in [0.15, 0.2) is 58.5 Å². The maximum atomic E-state index is 5.94. The first-order chi connectivity index (χ1) is 11.5. The molecule has 0 amide bonds. The minimum absolute atomic E-state index is 0.425. The van der Waals surface area contributed by atoms with Crippen LogP contribution in [-0.2, 0) is 0 Å². The van der Waals surface area contributed by atoms with E-state index in [0.717, 1.165) is 29.9 Å². The lowest BCUT2D eigenvalue weighted by Crippen LogP contribution is -2.06. The molecule has 5 nitrogen and oxygen atoms in total. The van der Waals surface area contributed by atoms with Crippen LogP contribution in [0.4, 0.5) is 0 Å². The fourth-order valence-electron chi connectivity index (χ4n) is 2.65. The third kappa shape index (κ3) is 3.74. The van der Waals surface area contributed by atoms with Crippen LogP contribution in [0.5, 0.6) is 0 Å². The zero-order valence-electron chi connectivity index (χ0n) is 14.6. The van der Waals surface area contributed by atoms with E-state index >= 15 is 0 Å². The highest BCUT2D eigenvalue weighted by Crippen LogP contribution is 2.27. The molecule has 0 saturated heterocycles. The summed E-state index contributed by atoms with van der Waals surface area (Å²) in [7, 11) is 1.69. The molecule has 2 rings (SSSR count). The monoisotopic (exact) mass is 323 g/mol. The van der Waals surface area contributed by atoms with Crippen LogP contribution < -0.4 is 11.5 Å². The van der Waals surface area contributed by atoms with Gasteiger partial charge in [-0.1, -0.05) is 24.3 Å². The summed E-state index contributed by atoms with van der Waals surface area (Å²) in [4.78, 5) is 8.69. The van der Waals surface area contributed by atoms with Gasteiger partial charge >= 0.3 is 0 Å². The molecule has 0 unspecified atom stereocenters. The molecule has 126 valence electrons. The van der Waals surface area contributed by atoms with Crippen molar-refractivity contribution >= 4 is 18.0 Å². The summed E-state index contributed by atoms with van der Waals surface area (Å²) < 4.78 is 1.94. The number of nitrogens with zero attached hydrogens (tertiary/aromatic N) is 3. The van der Waals surface area contributed by atoms with Gasteiger partial charge in [0, 0.05) is 54.3 Å². The van der Waals surface area contributed by atoms with Crippen molar-refractivity contribution in [1.29, 1.82) is 0 Å². The molecular formula is C19H25N5. The van der Waals surface area contributed by atoms with Gasteiger partial charge in [-0.2, -0.15) is 0 Å². The highest BCUT2D eigenvalue weighted by atomic mass is 15.1. The van der Waals surface area contributed by atoms with Gasteiger partial charge in [0.1, 0.15) is 5.82 Å². The third-order valence-corrected chi connectivity index (χ3v) is 4.00. The van der Waals surface area contributed by atoms with E-state index in [0.29, 0.717) is 11.3 Å². The first-order valence-corrected chi connectivity index (χ1v) is 7.91. The van der Waals surface area contributed by atoms with E-state index < -0.39 is 0 Å². The number of imidazole rings is 1. The Morgan fingerprint density at radius 3 is 2.75 bits per heavy atom. The molecule has 0 fully saturated rings. The van der Waals surface area contributed by atoms with Crippen molar-refractivity contribution in [2.75, 3.05) is 7.05 Å². The van der Waals surface area contributed by atoms with Crippen molar-refractivity contribution in [3.05, 3.63) is 65.1 Å². The van der Waals surface area contributed by atoms with Gasteiger partial charge in [-0.15, -0.1) is 0 Å². The molecule has 1 aromatic heterocycles. The van der Waals surface area contributed by atoms with Crippen LogP contribution in [-0.4, -0.2) is 22.8 Å². The van der Waals surface area contributed by atoms with Crippen molar-refractivity contribution in [3.63, 3.8) is 0 Å². The van der Waals surface area contributed by atoms with Gasteiger partial charge in [-0.25, -0.2) is 4.98 Å². The Hall–Kier alpha value is -2.82. The topological polar surface area (TPSA) is 82.2 Å². The van der Waals surface area contributed by atoms with Crippen LogP contribution in [0.3, 0.4) is 0 Å². The van der Waals surface area contributed by atoms with Crippen molar-refractivity contribution < 1.29 is 0 Å². The van der Waals surface area contributed by atoms with Crippen LogP contribution in [0, 0.1) is 6.92 Å². The summed E-state index contributed by atoms with van der Waals surface area (Å²) >= 11 is 0. The van der Waals surface area contributed by atoms with Crippen LogP contribution >= 0.6 is 0 Å². The van der Waals surface area contributed by atoms with Crippen molar-refractivity contribution in [2.24, 2.45) is 16.5 Å². The first-order valence-electron chi connectivity index (χ1n) is 7.91. The van der Waals surface area contributed by atoms with Gasteiger partial charge in [0.2, 0.25) is 0 Å². The molecule has 1 aliphatic carbocycles. The molecule has 0 atom stereocenters. The lowest BCUT2D eigenvalue weighted by Gasteiger charge is -2.10. The second-order valence-electron chi connectivity index (χ2n) is 5.79. The molecule has 1 aromatic rings. The molecule has 0 aromatic carbocycles. The normalized spacial score (nSPS) is 16.3. The quantitative estimate of drug-likeness (QED) is 0.645. The number of aryl methyl sites for hydroxylation is 1. The average Bonchev–Trinajstić information content (AvgIpc) is 2.91. The number of aliphatic imine (C=N–C) groups is 1. The Bertz CT molecular complexity index is 785. The fourth-order valence-corrected chi connectivity index (χ4v) is 2.65. The maximum Gasteiger partial charge on any atom is 0.110 e. The molecular weight excluding hydrogens is 298 g/mol. The van der Waals surface area contributed by atoms with Gasteiger partial charge in [-0.3, -0.25) is 4.99 Å². The fraction of sp³-hybridized carbons (Fsp3) is 0.263. The lowest BCUT2D eigenvalue weighted by molar-refractivity contribution is 0.964. The zero-order valence-corrected chi connectivity index (χ0v) is 14.6. The minimum atomic E-state index is 0.425. The number of aromatic nitrogens is 2. The van der Waals surface area contributed by atoms with Gasteiger partial charge in [0.25, 0.3) is 0 Å². The highest BCUT2D eigenvalue weighted by Gasteiger charge is 2.12. The molecule has 0 spiro atoms. The summed E-state index contributed by atoms with van der Waals surface area (Å²) in [6, 6.07) is 0. The predicted molar refractivity (Wildman–Crippen MR) is 102 cm³/mol. The Morgan fingerprint density at radius 2 is 2.17 bits per heavy atom. The maximum absolute atomic E-state index is 5.94. The number of allylic oxidation sites excluding steroid dienone is 5. The van der Waals surface area contributed by atoms with Gasteiger partial charge < -0.3 is 16.0 Å². The zero-order chi connectivity index (χ0) is 17.7. The highest BCUT2D eigenvalue weighted by molar-refractivity contribution is 5.88. The molecule has 0 radical (unpaired) electrons. The lowest BCUT2D eigenvalue weighted by atomic mass is 9.97. The molecule has 0 bridgehead atoms. The number of hydrogen-bond acceptors (Lipinski definition) is 4. The standard InChI is InChI=1S/C19H25N5/c1-13-7-5-6-8-17(13)19-12-24(15(3)23-19)11-18(14(2)21)16(9-20)10-22-4/h6,8-12H,2,5,7,20-21H2,1,3-4H3/b16-9+,18-11+,22-10?. The Morgan fingerprint density at radius 1 is 1.42 bits per heavy atom. The van der Waals surface area contributed by atoms with E-state index in [9.17, 15) is 0 Å². The molecule has 5 heteroatoms. The summed E-state index contributed by atoms with van der Waals surface area (Å²) in [6.07, 6.45) is 13.5. The van der Waals surface area contributed by atoms with Gasteiger partial charge in [0.05, 0.1) is 5.69 Å². The van der Waals surface area contributed by atoms with Gasteiger partial charge in [-0.05, 0) is 26.7 Å². The minimum Gasteiger partial charge on any atom is -0.404 e. The smallest absolute Gasteiger partial charge is 0.110 e. The second kappa shape index (κ2) is 7.64. The van der Waals surface area contributed by atoms with Crippen molar-refractivity contribution in [2.45, 2.75) is 26.7 Å². The summed E-state index contributed by atoms with van der Waals surface area (Å²) in [5.74, 6) is 0.868. The van der Waals surface area contributed by atoms with E-state index in [1.54, 1.807) is 13.3 Å². The first kappa shape index (κ1) is 17.5. The Labute approximate surface area is 143 Å². The predicted octanol–water partition coefficient (Wildman–Crippen LogP) is 3.17. The Kier molecular flexibility index (Phi) is 5.58. The number of nitrogens with two attached hydrogens (primary N) is 2. The van der Waals surface area contributed by atoms with E-state index in [1.807, 2.05) is 23.9 Å². The molecule has 1 heterocycles. The molecule has 0 aliphatic heterocycles. The van der Waals surface area contributed by atoms with E-state index in [1.165, 1.54) is 17.3 Å².